The molecule has 0 aliphatic rings. The maximum absolute atomic E-state index is 12.2. The molecule has 8 heteroatoms. The van der Waals surface area contributed by atoms with Crippen LogP contribution in [0.15, 0.2) is 32.9 Å². The Morgan fingerprint density at radius 2 is 1.82 bits per heavy atom. The van der Waals surface area contributed by atoms with E-state index in [9.17, 15) is 9.59 Å². The van der Waals surface area contributed by atoms with Crippen LogP contribution in [0.25, 0.3) is 0 Å². The van der Waals surface area contributed by atoms with E-state index in [-0.39, 0.29) is 16.9 Å². The lowest BCUT2D eigenvalue weighted by Crippen LogP contribution is -2.22. The second-order valence-electron chi connectivity index (χ2n) is 4.42. The molecule has 1 heterocycles. The molecule has 0 spiro atoms. The van der Waals surface area contributed by atoms with Crippen molar-refractivity contribution in [3.63, 3.8) is 0 Å². The van der Waals surface area contributed by atoms with Crippen molar-refractivity contribution in [1.29, 1.82) is 0 Å². The maximum Gasteiger partial charge on any atom is 0.237 e. The molecule has 0 radical (unpaired) electrons. The van der Waals surface area contributed by atoms with Gasteiger partial charge in [0.25, 0.3) is 0 Å². The molecule has 1 amide bonds. The lowest BCUT2D eigenvalue weighted by molar-refractivity contribution is -0.115. The van der Waals surface area contributed by atoms with Gasteiger partial charge in [-0.25, -0.2) is 0 Å². The number of rotatable bonds is 6. The van der Waals surface area contributed by atoms with Crippen molar-refractivity contribution in [2.24, 2.45) is 0 Å². The van der Waals surface area contributed by atoms with Crippen molar-refractivity contribution in [3.05, 3.63) is 29.8 Å². The Labute approximate surface area is 141 Å². The van der Waals surface area contributed by atoms with Crippen LogP contribution in [0.1, 0.15) is 24.2 Å². The Hall–Kier alpha value is -1.38. The molecular weight excluding hydrogens is 338 g/mol. The van der Waals surface area contributed by atoms with Crippen molar-refractivity contribution in [2.75, 3.05) is 11.6 Å². The van der Waals surface area contributed by atoms with Gasteiger partial charge in [0.1, 0.15) is 0 Å². The molecule has 116 valence electrons. The summed E-state index contributed by atoms with van der Waals surface area (Å²) in [6, 6.07) is 6.85. The van der Waals surface area contributed by atoms with Gasteiger partial charge in [0.2, 0.25) is 5.91 Å². The summed E-state index contributed by atoms with van der Waals surface area (Å²) >= 11 is 4.39. The van der Waals surface area contributed by atoms with Gasteiger partial charge in [-0.1, -0.05) is 34.9 Å². The molecule has 1 aromatic heterocycles. The van der Waals surface area contributed by atoms with Gasteiger partial charge in [-0.15, -0.1) is 10.2 Å². The average Bonchev–Trinajstić information content (AvgIpc) is 2.95. The summed E-state index contributed by atoms with van der Waals surface area (Å²) in [6.07, 6.45) is 1.94. The Balaban J connectivity index is 1.94. The van der Waals surface area contributed by atoms with Crippen LogP contribution in [0, 0.1) is 0 Å². The van der Waals surface area contributed by atoms with Crippen LogP contribution in [-0.4, -0.2) is 33.4 Å². The van der Waals surface area contributed by atoms with Crippen molar-refractivity contribution >= 4 is 52.2 Å². The van der Waals surface area contributed by atoms with E-state index >= 15 is 0 Å². The summed E-state index contributed by atoms with van der Waals surface area (Å²) in [5.41, 5.74) is 1.29. The van der Waals surface area contributed by atoms with Crippen LogP contribution in [0.3, 0.4) is 0 Å². The first-order chi connectivity index (χ1) is 10.5. The third kappa shape index (κ3) is 4.56. The quantitative estimate of drug-likeness (QED) is 0.632. The fourth-order valence-corrected chi connectivity index (χ4v) is 4.15. The number of nitrogens with zero attached hydrogens (tertiary/aromatic N) is 2. The van der Waals surface area contributed by atoms with Crippen LogP contribution >= 0.6 is 34.9 Å². The third-order valence-corrected chi connectivity index (χ3v) is 5.85. The standard InChI is InChI=1S/C14H15N3O2S3/c1-8(18)10-4-6-11(7-5-10)15-12(19)9(2)21-14-17-16-13(20-3)22-14/h4-7,9H,1-3H3,(H,15,19)/t9-/m1/s1. The normalized spacial score (nSPS) is 12.0. The van der Waals surface area contributed by atoms with Crippen molar-refractivity contribution < 1.29 is 9.59 Å². The van der Waals surface area contributed by atoms with Gasteiger partial charge in [-0.05, 0) is 44.4 Å². The minimum atomic E-state index is -0.282. The summed E-state index contributed by atoms with van der Waals surface area (Å²) in [4.78, 5) is 23.4. The lowest BCUT2D eigenvalue weighted by atomic mass is 10.1. The number of thioether (sulfide) groups is 2. The number of anilines is 1. The van der Waals surface area contributed by atoms with Gasteiger partial charge in [0, 0.05) is 11.3 Å². The molecule has 1 atom stereocenters. The Bertz CT molecular complexity index is 670. The molecule has 0 aliphatic carbocycles. The second-order valence-corrected chi connectivity index (χ2v) is 8.04. The molecule has 0 saturated carbocycles. The number of carbonyl (C=O) groups excluding carboxylic acids is 2. The first-order valence-electron chi connectivity index (χ1n) is 6.45. The predicted molar refractivity (Wildman–Crippen MR) is 92.1 cm³/mol. The van der Waals surface area contributed by atoms with E-state index in [1.165, 1.54) is 41.8 Å². The van der Waals surface area contributed by atoms with Crippen LogP contribution < -0.4 is 5.32 Å². The van der Waals surface area contributed by atoms with Gasteiger partial charge in [0.15, 0.2) is 14.5 Å². The summed E-state index contributed by atoms with van der Waals surface area (Å²) in [5.74, 6) is -0.107. The Morgan fingerprint density at radius 3 is 2.36 bits per heavy atom. The average molecular weight is 353 g/mol. The summed E-state index contributed by atoms with van der Waals surface area (Å²) in [6.45, 7) is 3.33. The SMILES string of the molecule is CSc1nnc(S[C@H](C)C(=O)Nc2ccc(C(C)=O)cc2)s1. The van der Waals surface area contributed by atoms with E-state index in [1.54, 1.807) is 24.3 Å². The number of nitrogens with one attached hydrogen (secondary N) is 1. The fraction of sp³-hybridized carbons (Fsp3) is 0.286. The molecule has 2 rings (SSSR count). The molecule has 1 N–H and O–H groups in total. The molecule has 0 unspecified atom stereocenters. The van der Waals surface area contributed by atoms with Crippen LogP contribution in [0.5, 0.6) is 0 Å². The number of hydrogen-bond acceptors (Lipinski definition) is 7. The van der Waals surface area contributed by atoms with Gasteiger partial charge in [-0.2, -0.15) is 0 Å². The highest BCUT2D eigenvalue weighted by molar-refractivity contribution is 8.03. The molecule has 0 fully saturated rings. The van der Waals surface area contributed by atoms with E-state index in [0.29, 0.717) is 11.3 Å². The molecule has 2 aromatic rings. The number of ketones is 1. The molecule has 22 heavy (non-hydrogen) atoms. The molecule has 5 nitrogen and oxygen atoms in total. The molecule has 0 saturated heterocycles. The number of amides is 1. The van der Waals surface area contributed by atoms with E-state index in [4.69, 9.17) is 0 Å². The van der Waals surface area contributed by atoms with Crippen molar-refractivity contribution in [1.82, 2.24) is 10.2 Å². The number of carbonyl (C=O) groups is 2. The highest BCUT2D eigenvalue weighted by Gasteiger charge is 2.17. The highest BCUT2D eigenvalue weighted by atomic mass is 32.2. The lowest BCUT2D eigenvalue weighted by Gasteiger charge is -2.10. The molecule has 1 aromatic carbocycles. The van der Waals surface area contributed by atoms with Crippen LogP contribution in [0.4, 0.5) is 5.69 Å². The summed E-state index contributed by atoms with van der Waals surface area (Å²) in [5, 5.41) is 10.6. The number of aromatic nitrogens is 2. The summed E-state index contributed by atoms with van der Waals surface area (Å²) < 4.78 is 1.66. The highest BCUT2D eigenvalue weighted by Crippen LogP contribution is 2.30. The van der Waals surface area contributed by atoms with Gasteiger partial charge < -0.3 is 5.32 Å². The van der Waals surface area contributed by atoms with E-state index < -0.39 is 0 Å². The zero-order chi connectivity index (χ0) is 16.1. The zero-order valence-electron chi connectivity index (χ0n) is 12.3. The van der Waals surface area contributed by atoms with Gasteiger partial charge in [0.05, 0.1) is 5.25 Å². The van der Waals surface area contributed by atoms with Crippen molar-refractivity contribution in [3.8, 4) is 0 Å². The topological polar surface area (TPSA) is 72.0 Å². The van der Waals surface area contributed by atoms with E-state index in [0.717, 1.165) is 8.68 Å². The first kappa shape index (κ1) is 17.0. The summed E-state index contributed by atoms with van der Waals surface area (Å²) in [7, 11) is 0. The third-order valence-electron chi connectivity index (χ3n) is 2.77. The smallest absolute Gasteiger partial charge is 0.237 e. The molecule has 0 aliphatic heterocycles. The number of hydrogen-bond donors (Lipinski definition) is 1. The van der Waals surface area contributed by atoms with Crippen LogP contribution in [-0.2, 0) is 4.79 Å². The van der Waals surface area contributed by atoms with Crippen LogP contribution in [0.2, 0.25) is 0 Å². The molecule has 0 bridgehead atoms. The zero-order valence-corrected chi connectivity index (χ0v) is 14.8. The maximum atomic E-state index is 12.2. The van der Waals surface area contributed by atoms with E-state index in [1.807, 2.05) is 13.2 Å². The van der Waals surface area contributed by atoms with Gasteiger partial charge >= 0.3 is 0 Å². The molecular formula is C14H15N3O2S3. The fourth-order valence-electron chi connectivity index (χ4n) is 1.56. The Morgan fingerprint density at radius 1 is 1.18 bits per heavy atom. The van der Waals surface area contributed by atoms with Gasteiger partial charge in [-0.3, -0.25) is 9.59 Å². The number of Topliss-reactive ketones (excluding diaryl/α,β-unsaturated/α-hetero) is 1. The van der Waals surface area contributed by atoms with E-state index in [2.05, 4.69) is 15.5 Å². The largest absolute Gasteiger partial charge is 0.325 e. The van der Waals surface area contributed by atoms with Crippen molar-refractivity contribution in [2.45, 2.75) is 27.8 Å². The minimum Gasteiger partial charge on any atom is -0.325 e. The Kier molecular flexibility index (Phi) is 5.98. The minimum absolute atomic E-state index is 0.00247. The predicted octanol–water partition coefficient (Wildman–Crippen LogP) is 3.58. The first-order valence-corrected chi connectivity index (χ1v) is 9.37. The monoisotopic (exact) mass is 353 g/mol. The second kappa shape index (κ2) is 7.75. The number of benzene rings is 1.